The minimum absolute atomic E-state index is 0. The van der Waals surface area contributed by atoms with E-state index in [2.05, 4.69) is 86.5 Å². The molecule has 21 nitrogen and oxygen atoms in total. The van der Waals surface area contributed by atoms with Crippen LogP contribution in [0.1, 0.15) is 107 Å². The molecule has 6 aromatic carbocycles. The molecule has 0 fully saturated rings. The number of benzene rings is 6. The Morgan fingerprint density at radius 3 is 1.16 bits per heavy atom. The number of anilines is 2. The van der Waals surface area contributed by atoms with Crippen molar-refractivity contribution in [1.82, 2.24) is 44.0 Å². The van der Waals surface area contributed by atoms with Crippen molar-refractivity contribution in [1.29, 1.82) is 0 Å². The number of aliphatic hydroxyl groups excluding tert-OH is 3. The Labute approximate surface area is 660 Å². The predicted octanol–water partition coefficient (Wildman–Crippen LogP) is 11.0. The Morgan fingerprint density at radius 1 is 0.500 bits per heavy atom. The van der Waals surface area contributed by atoms with Gasteiger partial charge < -0.3 is 47.6 Å². The number of rotatable bonds is 25. The number of hydrogen-bond acceptors (Lipinski definition) is 24. The van der Waals surface area contributed by atoms with Gasteiger partial charge in [0.15, 0.2) is 29.5 Å². The van der Waals surface area contributed by atoms with Crippen LogP contribution in [-0.2, 0) is 106 Å². The second kappa shape index (κ2) is 39.5. The fraction of sp³-hybridized carbons (Fsp3) is 0.391. The molecule has 0 bridgehead atoms. The molecule has 0 amide bonds. The topological polar surface area (TPSA) is 327 Å². The molecule has 37 heteroatoms. The van der Waals surface area contributed by atoms with Crippen LogP contribution < -0.4 is 32.3 Å². The number of hydrogen-bond donors (Lipinski definition) is 9. The Balaban J connectivity index is 0.000000212. The van der Waals surface area contributed by atoms with Crippen LogP contribution in [0.3, 0.4) is 0 Å². The average Bonchev–Trinajstić information content (AvgIpc) is 1.71. The monoisotopic (exact) mass is 1820 g/mol. The summed E-state index contributed by atoms with van der Waals surface area (Å²) in [6.45, 7) is 6.27. The van der Waals surface area contributed by atoms with Crippen molar-refractivity contribution in [2.24, 2.45) is 5.73 Å². The standard InChI is InChI=1S/C23H25BrF2N4O3S2.C23H26F2N4O3S2.C21H26F2N2O3S.C2BrClN2S.Pd.H2/c1-2-13-3-4-15-11-35(32,33)12-20(18(15)7-13)27-10-21(31)19(28-23-29-22(24)30-34-23)8-14-5-16(25)9-17(26)6-14;1-2-14-3-4-16-11-34(31,32)12-21(19(16)7-14)26-10-22(30)20(29-23-27-13-28-33-23)8-15-5-17(24)9-18(25)6-15;1-2-13-3-4-15-11-29(27,28)12-20(18(15)7-13)25-10-21(26)19(24)8-14-5-16(22)9-17(23)6-14;3-1-5-2(4)7-6-1;;/h3-7,9,19-21,27,31H,2,8,10-12H2,1H3,(H,28,29,30);3-7,9,13,20-22,26,30H,2,8,10-12H2,1H3,(H,27,28,29);3-7,9,19-21,25-26H,2,8,10-12,24H2,1H3;;;1H. The number of fused-ring (bicyclic) bond motifs is 3. The number of aromatic nitrogens is 6. The number of nitrogens with one attached hydrogen (secondary N) is 5. The van der Waals surface area contributed by atoms with Crippen molar-refractivity contribution in [3.8, 4) is 0 Å². The Hall–Kier alpha value is -5.34. The van der Waals surface area contributed by atoms with Crippen LogP contribution in [0.2, 0.25) is 4.47 Å². The van der Waals surface area contributed by atoms with Crippen molar-refractivity contribution < 1.29 is 88.8 Å². The van der Waals surface area contributed by atoms with Gasteiger partial charge in [0.05, 0.1) is 64.9 Å². The Bertz CT molecular complexity index is 4720. The average molecular weight is 1830 g/mol. The van der Waals surface area contributed by atoms with Gasteiger partial charge in [-0.2, -0.15) is 23.1 Å². The quantitative estimate of drug-likeness (QED) is 0.0190. The van der Waals surface area contributed by atoms with E-state index in [0.717, 1.165) is 122 Å². The summed E-state index contributed by atoms with van der Waals surface area (Å²) in [5.41, 5.74) is 15.4. The van der Waals surface area contributed by atoms with Crippen LogP contribution >= 0.6 is 78.1 Å². The zero-order valence-corrected chi connectivity index (χ0v) is 67.4. The van der Waals surface area contributed by atoms with Crippen molar-refractivity contribution in [2.45, 2.75) is 131 Å². The van der Waals surface area contributed by atoms with Gasteiger partial charge in [-0.3, -0.25) is 0 Å². The number of nitrogens with two attached hydrogens (primary N) is 1. The van der Waals surface area contributed by atoms with Crippen LogP contribution in [-0.4, -0.2) is 142 Å². The minimum atomic E-state index is -3.30. The van der Waals surface area contributed by atoms with Gasteiger partial charge in [-0.15, -0.1) is 0 Å². The maximum atomic E-state index is 13.8. The molecule has 9 aromatic rings. The predicted molar refractivity (Wildman–Crippen MR) is 405 cm³/mol. The molecule has 0 saturated heterocycles. The third kappa shape index (κ3) is 26.2. The smallest absolute Gasteiger partial charge is 0.210 e. The van der Waals surface area contributed by atoms with Crippen LogP contribution in [0.5, 0.6) is 0 Å². The molecule has 9 atom stereocenters. The molecule has 6 heterocycles. The van der Waals surface area contributed by atoms with Crippen molar-refractivity contribution in [2.75, 3.05) is 47.5 Å². The molecule has 0 spiro atoms. The first-order chi connectivity index (χ1) is 49.8. The summed E-state index contributed by atoms with van der Waals surface area (Å²) in [5.74, 6) is -4.40. The largest absolute Gasteiger partial charge is 0.390 e. The van der Waals surface area contributed by atoms with Gasteiger partial charge in [0.2, 0.25) is 24.2 Å². The van der Waals surface area contributed by atoms with Crippen molar-refractivity contribution in [3.05, 3.63) is 231 Å². The van der Waals surface area contributed by atoms with E-state index >= 15 is 0 Å². The Morgan fingerprint density at radius 2 is 0.849 bits per heavy atom. The summed E-state index contributed by atoms with van der Waals surface area (Å²) in [4.78, 5) is 12.0. The fourth-order valence-electron chi connectivity index (χ4n) is 12.3. The van der Waals surface area contributed by atoms with Crippen LogP contribution in [0.15, 0.2) is 125 Å². The summed E-state index contributed by atoms with van der Waals surface area (Å²) in [6, 6.07) is 23.5. The van der Waals surface area contributed by atoms with Crippen molar-refractivity contribution in [3.63, 3.8) is 0 Å². The second-order valence-electron chi connectivity index (χ2n) is 25.5. The first-order valence-electron chi connectivity index (χ1n) is 33.0. The van der Waals surface area contributed by atoms with E-state index in [9.17, 15) is 66.9 Å². The molecule has 9 unspecified atom stereocenters. The van der Waals surface area contributed by atoms with Gasteiger partial charge in [-0.1, -0.05) is 75.4 Å². The fourth-order valence-corrected chi connectivity index (χ4v) is 19.9. The summed E-state index contributed by atoms with van der Waals surface area (Å²) < 4.78 is 169. The third-order valence-corrected chi connectivity index (χ3v) is 25.4. The summed E-state index contributed by atoms with van der Waals surface area (Å²) in [7, 11) is -9.84. The molecule has 3 aliphatic heterocycles. The zero-order valence-electron chi connectivity index (χ0n) is 57.0. The number of nitrogens with zero attached hydrogens (tertiary/aromatic N) is 6. The first kappa shape index (κ1) is 86.3. The molecule has 3 aliphatic rings. The maximum absolute atomic E-state index is 13.8. The van der Waals surface area contributed by atoms with E-state index in [4.69, 9.17) is 17.3 Å². The van der Waals surface area contributed by atoms with E-state index in [-0.39, 0.29) is 95.3 Å². The number of halogens is 9. The number of aryl methyl sites for hydroxylation is 3. The van der Waals surface area contributed by atoms with E-state index in [0.29, 0.717) is 40.9 Å². The van der Waals surface area contributed by atoms with Gasteiger partial charge >= 0.3 is 0 Å². The molecule has 578 valence electrons. The zero-order chi connectivity index (χ0) is 75.9. The molecular weight excluding hydrogens is 1750 g/mol. The van der Waals surface area contributed by atoms with Gasteiger partial charge in [0, 0.05) is 107 Å². The Kier molecular flexibility index (Phi) is 32.2. The molecule has 12 rings (SSSR count). The minimum Gasteiger partial charge on any atom is -0.390 e. The first-order valence-corrected chi connectivity index (χ1v) is 42.8. The molecule has 106 heavy (non-hydrogen) atoms. The number of sulfone groups is 3. The van der Waals surface area contributed by atoms with Crippen LogP contribution in [0, 0.1) is 34.9 Å². The SMILES string of the molecule is CCc1ccc2c(c1)C(NCC(O)C(Cc1cc(F)cc(F)c1)Nc1nc(Br)ns1)CS(=O)(=O)C2.CCc1ccc2c(c1)C(NCC(O)C(Cc1cc(F)cc(F)c1)Nc1ncns1)CS(=O)(=O)C2.CCc1ccc2c(c1)C(NCC(O)C(N)Cc1cc(F)cc(F)c1)CS(=O)(=O)C2.Clc1nc(Br)ns1.[HH].[Pd]. The maximum Gasteiger partial charge on any atom is 0.210 e. The number of aliphatic hydroxyl groups is 3. The molecule has 0 aliphatic carbocycles. The summed E-state index contributed by atoms with van der Waals surface area (Å²) in [5, 5.41) is 49.1. The van der Waals surface area contributed by atoms with E-state index in [1.807, 2.05) is 75.4 Å². The van der Waals surface area contributed by atoms with Crippen molar-refractivity contribution >= 4 is 118 Å². The normalized spacial score (nSPS) is 18.3. The third-order valence-electron chi connectivity index (χ3n) is 17.4. The van der Waals surface area contributed by atoms with E-state index in [1.54, 1.807) is 0 Å². The van der Waals surface area contributed by atoms with Gasteiger partial charge in [0.1, 0.15) is 41.2 Å². The molecular formula is C69H79Br2ClF6N12O9PdS6. The summed E-state index contributed by atoms with van der Waals surface area (Å²) in [6.07, 6.45) is 1.11. The van der Waals surface area contributed by atoms with Gasteiger partial charge in [-0.25, -0.2) is 56.6 Å². The molecule has 3 aromatic heterocycles. The van der Waals surface area contributed by atoms with E-state index < -0.39 is 119 Å². The second-order valence-corrected chi connectivity index (χ2v) is 36.1. The van der Waals surface area contributed by atoms with E-state index in [1.165, 1.54) is 42.7 Å². The molecule has 0 radical (unpaired) electrons. The van der Waals surface area contributed by atoms with Crippen LogP contribution in [0.25, 0.3) is 0 Å². The molecule has 10 N–H and O–H groups in total. The van der Waals surface area contributed by atoms with Gasteiger partial charge in [-0.05, 0) is 197 Å². The van der Waals surface area contributed by atoms with Crippen LogP contribution in [0.4, 0.5) is 36.6 Å². The van der Waals surface area contributed by atoms with Gasteiger partial charge in [0.25, 0.3) is 0 Å². The summed E-state index contributed by atoms with van der Waals surface area (Å²) >= 11 is 14.9. The molecule has 0 saturated carbocycles.